The van der Waals surface area contributed by atoms with Gasteiger partial charge < -0.3 is 5.32 Å². The van der Waals surface area contributed by atoms with Crippen molar-refractivity contribution in [3.8, 4) is 0 Å². The molecule has 1 aliphatic carbocycles. The number of sulfonamides is 1. The lowest BCUT2D eigenvalue weighted by Crippen LogP contribution is -2.38. The fourth-order valence-corrected chi connectivity index (χ4v) is 2.41. The fourth-order valence-electron chi connectivity index (χ4n) is 2.01. The Kier molecular flexibility index (Phi) is 4.14. The van der Waals surface area contributed by atoms with Gasteiger partial charge in [-0.25, -0.2) is 13.6 Å². The van der Waals surface area contributed by atoms with E-state index in [1.54, 1.807) is 0 Å². The summed E-state index contributed by atoms with van der Waals surface area (Å²) in [5, 5.41) is 8.18. The molecule has 0 saturated heterocycles. The van der Waals surface area contributed by atoms with Crippen LogP contribution in [-0.4, -0.2) is 26.8 Å². The Balaban J connectivity index is 2.20. The standard InChI is InChI=1S/C10H22N2O2S/c1-10(2)5-3-9(4-6-10)12-7-8-15(11,13)14/h9,12H,3-8H2,1-2H3,(H2,11,13,14). The number of nitrogens with one attached hydrogen (secondary N) is 1. The normalized spacial score (nSPS) is 22.9. The van der Waals surface area contributed by atoms with Crippen molar-refractivity contribution in [2.45, 2.75) is 45.6 Å². The van der Waals surface area contributed by atoms with Crippen LogP contribution >= 0.6 is 0 Å². The molecule has 5 heteroatoms. The van der Waals surface area contributed by atoms with Gasteiger partial charge in [-0.05, 0) is 31.1 Å². The maximum Gasteiger partial charge on any atom is 0.210 e. The second kappa shape index (κ2) is 4.80. The third kappa shape index (κ3) is 5.49. The van der Waals surface area contributed by atoms with Crippen molar-refractivity contribution < 1.29 is 8.42 Å². The van der Waals surface area contributed by atoms with E-state index in [-0.39, 0.29) is 5.75 Å². The van der Waals surface area contributed by atoms with Crippen molar-refractivity contribution >= 4 is 10.0 Å². The van der Waals surface area contributed by atoms with Crippen molar-refractivity contribution in [2.75, 3.05) is 12.3 Å². The number of nitrogens with two attached hydrogens (primary N) is 1. The summed E-state index contributed by atoms with van der Waals surface area (Å²) < 4.78 is 21.4. The minimum Gasteiger partial charge on any atom is -0.313 e. The zero-order valence-corrected chi connectivity index (χ0v) is 10.4. The SMILES string of the molecule is CC1(C)CCC(NCCS(N)(=O)=O)CC1. The van der Waals surface area contributed by atoms with E-state index in [0.717, 1.165) is 12.8 Å². The van der Waals surface area contributed by atoms with Crippen LogP contribution in [0.25, 0.3) is 0 Å². The average Bonchev–Trinajstić information content (AvgIpc) is 2.06. The summed E-state index contributed by atoms with van der Waals surface area (Å²) in [5.41, 5.74) is 0.456. The third-order valence-corrected chi connectivity index (χ3v) is 3.93. The highest BCUT2D eigenvalue weighted by Gasteiger charge is 2.26. The van der Waals surface area contributed by atoms with E-state index >= 15 is 0 Å². The highest BCUT2D eigenvalue weighted by molar-refractivity contribution is 7.89. The van der Waals surface area contributed by atoms with Crippen molar-refractivity contribution in [1.29, 1.82) is 0 Å². The van der Waals surface area contributed by atoms with E-state index in [4.69, 9.17) is 5.14 Å². The molecule has 0 amide bonds. The second-order valence-electron chi connectivity index (χ2n) is 5.26. The molecule has 15 heavy (non-hydrogen) atoms. The molecule has 0 atom stereocenters. The van der Waals surface area contributed by atoms with Crippen LogP contribution in [0, 0.1) is 5.41 Å². The Hall–Kier alpha value is -0.130. The minimum absolute atomic E-state index is 0.0346. The summed E-state index contributed by atoms with van der Waals surface area (Å²) >= 11 is 0. The lowest BCUT2D eigenvalue weighted by Gasteiger charge is -2.34. The zero-order chi connectivity index (χ0) is 11.5. The summed E-state index contributed by atoms with van der Waals surface area (Å²) in [4.78, 5) is 0. The van der Waals surface area contributed by atoms with Crippen molar-refractivity contribution in [2.24, 2.45) is 10.6 Å². The van der Waals surface area contributed by atoms with Gasteiger partial charge in [0.25, 0.3) is 0 Å². The van der Waals surface area contributed by atoms with Gasteiger partial charge in [0.1, 0.15) is 0 Å². The first kappa shape index (κ1) is 12.9. The van der Waals surface area contributed by atoms with Crippen molar-refractivity contribution in [3.05, 3.63) is 0 Å². The Labute approximate surface area is 92.7 Å². The molecule has 90 valence electrons. The molecule has 0 aliphatic heterocycles. The molecule has 0 unspecified atom stereocenters. The number of primary sulfonamides is 1. The molecule has 1 saturated carbocycles. The van der Waals surface area contributed by atoms with Gasteiger partial charge in [-0.15, -0.1) is 0 Å². The van der Waals surface area contributed by atoms with Crippen molar-refractivity contribution in [1.82, 2.24) is 5.32 Å². The lowest BCUT2D eigenvalue weighted by molar-refractivity contribution is 0.208. The molecule has 0 heterocycles. The molecule has 0 aromatic heterocycles. The second-order valence-corrected chi connectivity index (χ2v) is 6.99. The summed E-state index contributed by atoms with van der Waals surface area (Å²) in [5.74, 6) is 0.0346. The average molecular weight is 234 g/mol. The smallest absolute Gasteiger partial charge is 0.210 e. The minimum atomic E-state index is -3.31. The number of hydrogen-bond acceptors (Lipinski definition) is 3. The first-order valence-electron chi connectivity index (χ1n) is 5.52. The molecular weight excluding hydrogens is 212 g/mol. The van der Waals surface area contributed by atoms with Crippen LogP contribution in [-0.2, 0) is 10.0 Å². The molecule has 1 aliphatic rings. The highest BCUT2D eigenvalue weighted by Crippen LogP contribution is 2.34. The summed E-state index contributed by atoms with van der Waals surface area (Å²) in [6.45, 7) is 5.05. The maximum atomic E-state index is 10.7. The predicted octanol–water partition coefficient (Wildman–Crippen LogP) is 0.833. The molecule has 4 nitrogen and oxygen atoms in total. The predicted molar refractivity (Wildman–Crippen MR) is 62.0 cm³/mol. The summed E-state index contributed by atoms with van der Waals surface area (Å²) in [6, 6.07) is 0.472. The van der Waals surface area contributed by atoms with E-state index in [1.807, 2.05) is 0 Å². The summed E-state index contributed by atoms with van der Waals surface area (Å²) in [7, 11) is -3.31. The fraction of sp³-hybridized carbons (Fsp3) is 1.00. The van der Waals surface area contributed by atoms with Crippen LogP contribution in [0.5, 0.6) is 0 Å². The number of hydrogen-bond donors (Lipinski definition) is 2. The summed E-state index contributed by atoms with van der Waals surface area (Å²) in [6.07, 6.45) is 4.69. The molecule has 0 bridgehead atoms. The van der Waals surface area contributed by atoms with E-state index < -0.39 is 10.0 Å². The molecule has 0 radical (unpaired) electrons. The van der Waals surface area contributed by atoms with E-state index in [0.29, 0.717) is 18.0 Å². The van der Waals surface area contributed by atoms with Crippen LogP contribution in [0.4, 0.5) is 0 Å². The zero-order valence-electron chi connectivity index (χ0n) is 9.62. The van der Waals surface area contributed by atoms with Gasteiger partial charge in [0, 0.05) is 12.6 Å². The van der Waals surface area contributed by atoms with Gasteiger partial charge in [-0.1, -0.05) is 13.8 Å². The largest absolute Gasteiger partial charge is 0.313 e. The molecule has 1 fully saturated rings. The van der Waals surface area contributed by atoms with Gasteiger partial charge in [-0.3, -0.25) is 0 Å². The lowest BCUT2D eigenvalue weighted by atomic mass is 9.75. The Morgan fingerprint density at radius 3 is 2.33 bits per heavy atom. The van der Waals surface area contributed by atoms with Gasteiger partial charge in [0.15, 0.2) is 0 Å². The molecule has 0 aromatic rings. The molecule has 1 rings (SSSR count). The third-order valence-electron chi connectivity index (χ3n) is 3.16. The van der Waals surface area contributed by atoms with Gasteiger partial charge >= 0.3 is 0 Å². The Morgan fingerprint density at radius 1 is 1.33 bits per heavy atom. The molecule has 3 N–H and O–H groups in total. The van der Waals surface area contributed by atoms with Gasteiger partial charge in [-0.2, -0.15) is 0 Å². The van der Waals surface area contributed by atoms with Crippen LogP contribution < -0.4 is 10.5 Å². The van der Waals surface area contributed by atoms with E-state index in [1.165, 1.54) is 12.8 Å². The first-order chi connectivity index (χ1) is 6.79. The quantitative estimate of drug-likeness (QED) is 0.757. The van der Waals surface area contributed by atoms with Crippen molar-refractivity contribution in [3.63, 3.8) is 0 Å². The first-order valence-corrected chi connectivity index (χ1v) is 7.24. The van der Waals surface area contributed by atoms with E-state index in [9.17, 15) is 8.42 Å². The van der Waals surface area contributed by atoms with Crippen LogP contribution in [0.15, 0.2) is 0 Å². The maximum absolute atomic E-state index is 10.7. The Bertz CT molecular complexity index is 289. The topological polar surface area (TPSA) is 72.2 Å². The molecular formula is C10H22N2O2S. The highest BCUT2D eigenvalue weighted by atomic mass is 32.2. The van der Waals surface area contributed by atoms with E-state index in [2.05, 4.69) is 19.2 Å². The molecule has 0 aromatic carbocycles. The number of rotatable bonds is 4. The van der Waals surface area contributed by atoms with Gasteiger partial charge in [0.2, 0.25) is 10.0 Å². The van der Waals surface area contributed by atoms with Gasteiger partial charge in [0.05, 0.1) is 5.75 Å². The monoisotopic (exact) mass is 234 g/mol. The molecule has 0 spiro atoms. The van der Waals surface area contributed by atoms with Crippen LogP contribution in [0.3, 0.4) is 0 Å². The Morgan fingerprint density at radius 2 is 1.87 bits per heavy atom. The van der Waals surface area contributed by atoms with Crippen LogP contribution in [0.1, 0.15) is 39.5 Å². The van der Waals surface area contributed by atoms with Crippen LogP contribution in [0.2, 0.25) is 0 Å².